The van der Waals surface area contributed by atoms with Gasteiger partial charge in [0.2, 0.25) is 0 Å². The molecule has 0 spiro atoms. The zero-order chi connectivity index (χ0) is 13.6. The second-order valence-electron chi connectivity index (χ2n) is 3.00. The quantitative estimate of drug-likeness (QED) is 0.616. The first-order chi connectivity index (χ1) is 8.95. The highest BCUT2D eigenvalue weighted by atomic mass is 14.7. The Morgan fingerprint density at radius 3 is 1.61 bits per heavy atom. The molecular formula is C17H23N. The molecule has 2 rings (SSSR count). The summed E-state index contributed by atoms with van der Waals surface area (Å²) >= 11 is 0. The van der Waals surface area contributed by atoms with Gasteiger partial charge in [0.05, 0.1) is 5.69 Å². The van der Waals surface area contributed by atoms with E-state index in [1.165, 1.54) is 0 Å². The van der Waals surface area contributed by atoms with Crippen LogP contribution in [0.5, 0.6) is 0 Å². The monoisotopic (exact) mass is 241 g/mol. The molecular weight excluding hydrogens is 218 g/mol. The third kappa shape index (κ3) is 6.64. The highest BCUT2D eigenvalue weighted by Crippen LogP contribution is 2.09. The van der Waals surface area contributed by atoms with Gasteiger partial charge in [0, 0.05) is 6.21 Å². The van der Waals surface area contributed by atoms with E-state index in [-0.39, 0.29) is 0 Å². The summed E-state index contributed by atoms with van der Waals surface area (Å²) in [5.41, 5.74) is 2.10. The SMILES string of the molecule is C(=Nc1ccccc1)c1ccccc1.CC.CC. The summed E-state index contributed by atoms with van der Waals surface area (Å²) in [4.78, 5) is 4.35. The molecule has 1 heteroatoms. The van der Waals surface area contributed by atoms with Gasteiger partial charge in [0.1, 0.15) is 0 Å². The normalized spacial score (nSPS) is 8.89. The van der Waals surface area contributed by atoms with Crippen LogP contribution in [0, 0.1) is 0 Å². The van der Waals surface area contributed by atoms with Crippen LogP contribution >= 0.6 is 0 Å². The van der Waals surface area contributed by atoms with Crippen molar-refractivity contribution in [1.29, 1.82) is 0 Å². The molecule has 0 saturated heterocycles. The predicted molar refractivity (Wildman–Crippen MR) is 82.8 cm³/mol. The van der Waals surface area contributed by atoms with Crippen molar-refractivity contribution in [3.8, 4) is 0 Å². The van der Waals surface area contributed by atoms with Crippen LogP contribution in [0.1, 0.15) is 33.3 Å². The van der Waals surface area contributed by atoms with Gasteiger partial charge in [-0.25, -0.2) is 0 Å². The van der Waals surface area contributed by atoms with Gasteiger partial charge in [-0.3, -0.25) is 4.99 Å². The van der Waals surface area contributed by atoms with Crippen molar-refractivity contribution in [2.24, 2.45) is 4.99 Å². The molecule has 0 aliphatic carbocycles. The smallest absolute Gasteiger partial charge is 0.0629 e. The molecule has 0 bridgehead atoms. The van der Waals surface area contributed by atoms with Crippen molar-refractivity contribution in [2.75, 3.05) is 0 Å². The lowest BCUT2D eigenvalue weighted by atomic mass is 10.2. The molecule has 2 aromatic rings. The molecule has 0 atom stereocenters. The van der Waals surface area contributed by atoms with E-state index in [0.717, 1.165) is 11.3 Å². The van der Waals surface area contributed by atoms with Crippen molar-refractivity contribution in [3.05, 3.63) is 66.2 Å². The van der Waals surface area contributed by atoms with Gasteiger partial charge < -0.3 is 0 Å². The molecule has 2 aromatic carbocycles. The summed E-state index contributed by atoms with van der Waals surface area (Å²) in [6, 6.07) is 20.0. The van der Waals surface area contributed by atoms with E-state index in [9.17, 15) is 0 Å². The fourth-order valence-electron chi connectivity index (χ4n) is 1.20. The number of benzene rings is 2. The summed E-state index contributed by atoms with van der Waals surface area (Å²) in [6.07, 6.45) is 1.87. The van der Waals surface area contributed by atoms with E-state index in [1.54, 1.807) is 0 Å². The van der Waals surface area contributed by atoms with Gasteiger partial charge in [-0.05, 0) is 17.7 Å². The van der Waals surface area contributed by atoms with Crippen LogP contribution in [0.15, 0.2) is 65.7 Å². The maximum atomic E-state index is 4.35. The molecule has 0 N–H and O–H groups in total. The molecule has 0 amide bonds. The number of nitrogens with zero attached hydrogens (tertiary/aromatic N) is 1. The first-order valence-electron chi connectivity index (χ1n) is 6.59. The van der Waals surface area contributed by atoms with Crippen molar-refractivity contribution in [3.63, 3.8) is 0 Å². The molecule has 96 valence electrons. The Morgan fingerprint density at radius 1 is 0.667 bits per heavy atom. The lowest BCUT2D eigenvalue weighted by Crippen LogP contribution is -1.77. The molecule has 0 fully saturated rings. The van der Waals surface area contributed by atoms with E-state index in [4.69, 9.17) is 0 Å². The molecule has 0 saturated carbocycles. The number of rotatable bonds is 2. The summed E-state index contributed by atoms with van der Waals surface area (Å²) in [5.74, 6) is 0. The summed E-state index contributed by atoms with van der Waals surface area (Å²) in [6.45, 7) is 8.00. The highest BCUT2D eigenvalue weighted by Gasteiger charge is 1.85. The van der Waals surface area contributed by atoms with Crippen LogP contribution < -0.4 is 0 Å². The first-order valence-corrected chi connectivity index (χ1v) is 6.59. The maximum absolute atomic E-state index is 4.35. The number of aliphatic imine (C=N–C) groups is 1. The first kappa shape index (κ1) is 16.1. The van der Waals surface area contributed by atoms with Gasteiger partial charge in [0.15, 0.2) is 0 Å². The van der Waals surface area contributed by atoms with Gasteiger partial charge in [-0.2, -0.15) is 0 Å². The third-order valence-corrected chi connectivity index (χ3v) is 1.92. The molecule has 0 aliphatic heterocycles. The minimum atomic E-state index is 0.983. The van der Waals surface area contributed by atoms with Crippen LogP contribution in [0.4, 0.5) is 5.69 Å². The van der Waals surface area contributed by atoms with Gasteiger partial charge in [-0.1, -0.05) is 76.2 Å². The van der Waals surface area contributed by atoms with Crippen LogP contribution in [0.25, 0.3) is 0 Å². The van der Waals surface area contributed by atoms with Gasteiger partial charge >= 0.3 is 0 Å². The van der Waals surface area contributed by atoms with E-state index >= 15 is 0 Å². The van der Waals surface area contributed by atoms with E-state index < -0.39 is 0 Å². The third-order valence-electron chi connectivity index (χ3n) is 1.92. The van der Waals surface area contributed by atoms with Crippen molar-refractivity contribution < 1.29 is 0 Å². The van der Waals surface area contributed by atoms with Crippen LogP contribution in [0.3, 0.4) is 0 Å². The van der Waals surface area contributed by atoms with Crippen LogP contribution in [-0.2, 0) is 0 Å². The molecule has 0 heterocycles. The average molecular weight is 241 g/mol. The van der Waals surface area contributed by atoms with Crippen molar-refractivity contribution in [1.82, 2.24) is 0 Å². The van der Waals surface area contributed by atoms with Crippen molar-refractivity contribution >= 4 is 11.9 Å². The molecule has 18 heavy (non-hydrogen) atoms. The molecule has 0 aromatic heterocycles. The topological polar surface area (TPSA) is 12.4 Å². The standard InChI is InChI=1S/C13H11N.2C2H6/c1-3-7-12(8-4-1)11-14-13-9-5-2-6-10-13;2*1-2/h1-11H;2*1-2H3. The van der Waals surface area contributed by atoms with Gasteiger partial charge in [0.25, 0.3) is 0 Å². The fraction of sp³-hybridized carbons (Fsp3) is 0.235. The molecule has 1 nitrogen and oxygen atoms in total. The summed E-state index contributed by atoms with van der Waals surface area (Å²) in [7, 11) is 0. The minimum Gasteiger partial charge on any atom is -0.256 e. The minimum absolute atomic E-state index is 0.983. The Labute approximate surface area is 111 Å². The van der Waals surface area contributed by atoms with Crippen LogP contribution in [0.2, 0.25) is 0 Å². The molecule has 0 unspecified atom stereocenters. The zero-order valence-electron chi connectivity index (χ0n) is 11.8. The van der Waals surface area contributed by atoms with Gasteiger partial charge in [-0.15, -0.1) is 0 Å². The Balaban J connectivity index is 0.000000659. The lowest BCUT2D eigenvalue weighted by Gasteiger charge is -1.92. The maximum Gasteiger partial charge on any atom is 0.0629 e. The Morgan fingerprint density at radius 2 is 1.11 bits per heavy atom. The van der Waals surface area contributed by atoms with Crippen molar-refractivity contribution in [2.45, 2.75) is 27.7 Å². The lowest BCUT2D eigenvalue weighted by molar-refractivity contribution is 1.50. The second-order valence-corrected chi connectivity index (χ2v) is 3.00. The van der Waals surface area contributed by atoms with Crippen LogP contribution in [-0.4, -0.2) is 6.21 Å². The number of hydrogen-bond donors (Lipinski definition) is 0. The summed E-state index contributed by atoms with van der Waals surface area (Å²) < 4.78 is 0. The zero-order valence-corrected chi connectivity index (χ0v) is 11.8. The van der Waals surface area contributed by atoms with E-state index in [0.29, 0.717) is 0 Å². The summed E-state index contributed by atoms with van der Waals surface area (Å²) in [5, 5.41) is 0. The van der Waals surface area contributed by atoms with E-state index in [1.807, 2.05) is 94.6 Å². The Bertz CT molecular complexity index is 363. The molecule has 0 radical (unpaired) electrons. The Kier molecular flexibility index (Phi) is 10.4. The Hall–Kier alpha value is -1.89. The highest BCUT2D eigenvalue weighted by molar-refractivity contribution is 5.81. The fourth-order valence-corrected chi connectivity index (χ4v) is 1.20. The second kappa shape index (κ2) is 11.6. The molecule has 0 aliphatic rings. The average Bonchev–Trinajstić information content (AvgIpc) is 2.51. The van der Waals surface area contributed by atoms with E-state index in [2.05, 4.69) is 4.99 Å². The number of para-hydroxylation sites is 1. The number of hydrogen-bond acceptors (Lipinski definition) is 1. The predicted octanol–water partition coefficient (Wildman–Crippen LogP) is 5.49. The largest absolute Gasteiger partial charge is 0.256 e.